The lowest BCUT2D eigenvalue weighted by atomic mass is 10.00. The monoisotopic (exact) mass is 368 g/mol. The van der Waals surface area contributed by atoms with Crippen molar-refractivity contribution in [2.45, 2.75) is 20.3 Å². The van der Waals surface area contributed by atoms with Crippen molar-refractivity contribution in [1.29, 1.82) is 0 Å². The maximum atomic E-state index is 13.0. The number of carbonyl (C=O) groups is 1. The molecule has 4 nitrogen and oxygen atoms in total. The van der Waals surface area contributed by atoms with Gasteiger partial charge in [0, 0.05) is 23.5 Å². The van der Waals surface area contributed by atoms with Gasteiger partial charge in [0.2, 0.25) is 0 Å². The number of rotatable bonds is 5. The minimum atomic E-state index is 0.107. The molecule has 0 aliphatic carbocycles. The minimum absolute atomic E-state index is 0.107. The highest BCUT2D eigenvalue weighted by Crippen LogP contribution is 2.26. The Hall–Kier alpha value is -2.27. The quantitative estimate of drug-likeness (QED) is 0.729. The molecule has 0 N–H and O–H groups in total. The van der Waals surface area contributed by atoms with Gasteiger partial charge in [-0.05, 0) is 55.7 Å². The molecule has 1 aliphatic heterocycles. The van der Waals surface area contributed by atoms with Crippen LogP contribution >= 0.6 is 11.8 Å². The number of methoxy groups -OCH3 is 1. The summed E-state index contributed by atoms with van der Waals surface area (Å²) in [5, 5.41) is 0.917. The van der Waals surface area contributed by atoms with Crippen molar-refractivity contribution in [3.63, 3.8) is 0 Å². The first-order valence-corrected chi connectivity index (χ1v) is 9.77. The molecule has 3 rings (SSSR count). The smallest absolute Gasteiger partial charge is 0.182 e. The number of ether oxygens (including phenoxy) is 1. The Morgan fingerprint density at radius 3 is 2.62 bits per heavy atom. The molecule has 5 heteroatoms. The first-order valence-electron chi connectivity index (χ1n) is 8.78. The SMILES string of the molecule is COc1ccc(N(CC(=O)c2cccc(C)c2C)C2=NCCCS2)cc1. The maximum Gasteiger partial charge on any atom is 0.182 e. The van der Waals surface area contributed by atoms with Crippen LogP contribution in [0.4, 0.5) is 5.69 Å². The van der Waals surface area contributed by atoms with E-state index in [1.807, 2.05) is 61.2 Å². The number of amidine groups is 1. The van der Waals surface area contributed by atoms with E-state index in [1.165, 1.54) is 0 Å². The molecule has 26 heavy (non-hydrogen) atoms. The summed E-state index contributed by atoms with van der Waals surface area (Å²) in [5.41, 5.74) is 3.92. The van der Waals surface area contributed by atoms with Gasteiger partial charge in [0.25, 0.3) is 0 Å². The van der Waals surface area contributed by atoms with Gasteiger partial charge in [0.15, 0.2) is 11.0 Å². The third-order valence-electron chi connectivity index (χ3n) is 4.60. The van der Waals surface area contributed by atoms with Crippen LogP contribution in [0.2, 0.25) is 0 Å². The van der Waals surface area contributed by atoms with Gasteiger partial charge >= 0.3 is 0 Å². The van der Waals surface area contributed by atoms with Crippen molar-refractivity contribution >= 4 is 28.4 Å². The number of benzene rings is 2. The standard InChI is InChI=1S/C21H24N2O2S/c1-15-6-4-7-19(16(15)2)20(24)14-23(21-22-12-5-13-26-21)17-8-10-18(25-3)11-9-17/h4,6-11H,5,12-14H2,1-3H3. The van der Waals surface area contributed by atoms with Crippen LogP contribution in [0.1, 0.15) is 27.9 Å². The topological polar surface area (TPSA) is 41.9 Å². The fourth-order valence-corrected chi connectivity index (χ4v) is 3.89. The first kappa shape index (κ1) is 18.5. The lowest BCUT2D eigenvalue weighted by Gasteiger charge is -2.27. The van der Waals surface area contributed by atoms with E-state index in [-0.39, 0.29) is 12.3 Å². The van der Waals surface area contributed by atoms with Crippen LogP contribution in [0.3, 0.4) is 0 Å². The van der Waals surface area contributed by atoms with Crippen LogP contribution in [0.5, 0.6) is 5.75 Å². The van der Waals surface area contributed by atoms with Crippen LogP contribution in [0.25, 0.3) is 0 Å². The zero-order valence-electron chi connectivity index (χ0n) is 15.5. The number of Topliss-reactive ketones (excluding diaryl/α,β-unsaturated/α-hetero) is 1. The molecule has 1 heterocycles. The van der Waals surface area contributed by atoms with Crippen molar-refractivity contribution in [3.05, 3.63) is 59.2 Å². The zero-order chi connectivity index (χ0) is 18.5. The fraction of sp³-hybridized carbons (Fsp3) is 0.333. The molecule has 0 spiro atoms. The Balaban J connectivity index is 1.91. The average molecular weight is 369 g/mol. The summed E-state index contributed by atoms with van der Waals surface area (Å²) in [6.45, 7) is 5.14. The van der Waals surface area contributed by atoms with Crippen molar-refractivity contribution in [2.24, 2.45) is 4.99 Å². The summed E-state index contributed by atoms with van der Waals surface area (Å²) in [5.74, 6) is 1.94. The molecule has 0 unspecified atom stereocenters. The number of hydrogen-bond acceptors (Lipinski definition) is 5. The van der Waals surface area contributed by atoms with Gasteiger partial charge in [-0.3, -0.25) is 9.79 Å². The van der Waals surface area contributed by atoms with E-state index >= 15 is 0 Å². The zero-order valence-corrected chi connectivity index (χ0v) is 16.3. The summed E-state index contributed by atoms with van der Waals surface area (Å²) >= 11 is 1.71. The van der Waals surface area contributed by atoms with Gasteiger partial charge in [-0.15, -0.1) is 0 Å². The third kappa shape index (κ3) is 4.10. The van der Waals surface area contributed by atoms with Crippen molar-refractivity contribution in [3.8, 4) is 5.75 Å². The van der Waals surface area contributed by atoms with Crippen LogP contribution in [-0.2, 0) is 0 Å². The summed E-state index contributed by atoms with van der Waals surface area (Å²) in [6, 6.07) is 13.7. The lowest BCUT2D eigenvalue weighted by molar-refractivity contribution is 0.100. The number of aliphatic imine (C=N–C) groups is 1. The van der Waals surface area contributed by atoms with E-state index in [2.05, 4.69) is 4.99 Å². The van der Waals surface area contributed by atoms with E-state index in [0.29, 0.717) is 0 Å². The highest BCUT2D eigenvalue weighted by molar-refractivity contribution is 8.14. The minimum Gasteiger partial charge on any atom is -0.497 e. The third-order valence-corrected chi connectivity index (χ3v) is 5.70. The van der Waals surface area contributed by atoms with Crippen LogP contribution in [-0.4, -0.2) is 36.9 Å². The van der Waals surface area contributed by atoms with E-state index in [1.54, 1.807) is 18.9 Å². The van der Waals surface area contributed by atoms with E-state index < -0.39 is 0 Å². The normalized spacial score (nSPS) is 13.9. The van der Waals surface area contributed by atoms with Crippen LogP contribution in [0.15, 0.2) is 47.5 Å². The molecule has 0 saturated carbocycles. The van der Waals surface area contributed by atoms with Crippen molar-refractivity contribution in [2.75, 3.05) is 30.9 Å². The number of ketones is 1. The molecule has 136 valence electrons. The molecule has 0 atom stereocenters. The predicted octanol–water partition coefficient (Wildman–Crippen LogP) is 4.49. The van der Waals surface area contributed by atoms with Crippen LogP contribution in [0, 0.1) is 13.8 Å². The van der Waals surface area contributed by atoms with E-state index in [0.717, 1.165) is 52.0 Å². The summed E-state index contributed by atoms with van der Waals surface area (Å²) < 4.78 is 5.25. The van der Waals surface area contributed by atoms with Crippen molar-refractivity contribution in [1.82, 2.24) is 0 Å². The summed E-state index contributed by atoms with van der Waals surface area (Å²) in [6.07, 6.45) is 1.08. The molecule has 0 amide bonds. The number of carbonyl (C=O) groups excluding carboxylic acids is 1. The summed E-state index contributed by atoms with van der Waals surface area (Å²) in [4.78, 5) is 19.7. The second kappa shape index (κ2) is 8.41. The highest BCUT2D eigenvalue weighted by Gasteiger charge is 2.21. The molecule has 2 aromatic carbocycles. The molecule has 0 radical (unpaired) electrons. The summed E-state index contributed by atoms with van der Waals surface area (Å²) in [7, 11) is 1.65. The van der Waals surface area contributed by atoms with Crippen LogP contribution < -0.4 is 9.64 Å². The van der Waals surface area contributed by atoms with Crippen molar-refractivity contribution < 1.29 is 9.53 Å². The highest BCUT2D eigenvalue weighted by atomic mass is 32.2. The molecule has 0 fully saturated rings. The van der Waals surface area contributed by atoms with Gasteiger partial charge in [-0.25, -0.2) is 0 Å². The van der Waals surface area contributed by atoms with E-state index in [9.17, 15) is 4.79 Å². The van der Waals surface area contributed by atoms with Gasteiger partial charge in [-0.1, -0.05) is 30.0 Å². The molecule has 1 aliphatic rings. The number of hydrogen-bond donors (Lipinski definition) is 0. The first-order chi connectivity index (χ1) is 12.6. The number of nitrogens with zero attached hydrogens (tertiary/aromatic N) is 2. The molecular weight excluding hydrogens is 344 g/mol. The van der Waals surface area contributed by atoms with E-state index in [4.69, 9.17) is 4.74 Å². The van der Waals surface area contributed by atoms with Gasteiger partial charge in [-0.2, -0.15) is 0 Å². The lowest BCUT2D eigenvalue weighted by Crippen LogP contribution is -2.35. The molecule has 0 aromatic heterocycles. The second-order valence-corrected chi connectivity index (χ2v) is 7.38. The Labute approximate surface area is 159 Å². The molecule has 0 saturated heterocycles. The predicted molar refractivity (Wildman–Crippen MR) is 110 cm³/mol. The second-order valence-electron chi connectivity index (χ2n) is 6.32. The Morgan fingerprint density at radius 2 is 1.96 bits per heavy atom. The number of thioether (sulfide) groups is 1. The maximum absolute atomic E-state index is 13.0. The Bertz CT molecular complexity index is 815. The largest absolute Gasteiger partial charge is 0.497 e. The van der Waals surface area contributed by atoms with Gasteiger partial charge in [0.05, 0.1) is 13.7 Å². The Morgan fingerprint density at radius 1 is 1.19 bits per heavy atom. The molecule has 2 aromatic rings. The molecule has 0 bridgehead atoms. The Kier molecular flexibility index (Phi) is 5.99. The molecular formula is C21H24N2O2S. The average Bonchev–Trinajstić information content (AvgIpc) is 2.69. The number of aryl methyl sites for hydroxylation is 1. The van der Waals surface area contributed by atoms with Gasteiger partial charge < -0.3 is 9.64 Å². The fourth-order valence-electron chi connectivity index (χ4n) is 2.93. The number of anilines is 1. The van der Waals surface area contributed by atoms with Gasteiger partial charge in [0.1, 0.15) is 5.75 Å².